The molecule has 0 aliphatic heterocycles. The van der Waals surface area contributed by atoms with E-state index in [0.29, 0.717) is 5.52 Å². The minimum atomic E-state index is -0.598. The van der Waals surface area contributed by atoms with E-state index in [1.54, 1.807) is 6.07 Å². The minimum Gasteiger partial charge on any atom is -0.469 e. The van der Waals surface area contributed by atoms with Crippen LogP contribution < -0.4 is 5.32 Å². The lowest BCUT2D eigenvalue weighted by Gasteiger charge is -2.06. The van der Waals surface area contributed by atoms with Crippen molar-refractivity contribution in [2.75, 3.05) is 12.4 Å². The molecule has 124 valence electrons. The molecule has 1 N–H and O–H groups in total. The fraction of sp³-hybridized carbons (Fsp3) is 0.222. The Morgan fingerprint density at radius 1 is 1.29 bits per heavy atom. The lowest BCUT2D eigenvalue weighted by atomic mass is 10.1. The van der Waals surface area contributed by atoms with E-state index in [4.69, 9.17) is 4.42 Å². The number of benzene rings is 2. The highest BCUT2D eigenvalue weighted by Gasteiger charge is 2.17. The number of anilines is 2. The Balaban J connectivity index is 1.95. The van der Waals surface area contributed by atoms with Crippen LogP contribution in [0.1, 0.15) is 16.7 Å². The van der Waals surface area contributed by atoms with Crippen LogP contribution in [0.3, 0.4) is 0 Å². The normalized spacial score (nSPS) is 10.8. The molecule has 2 aromatic carbocycles. The number of halogens is 1. The van der Waals surface area contributed by atoms with Gasteiger partial charge in [-0.25, -0.2) is 4.39 Å². The summed E-state index contributed by atoms with van der Waals surface area (Å²) in [5.74, 6) is -1.11. The first-order valence-corrected chi connectivity index (χ1v) is 7.47. The Hall–Kier alpha value is -2.89. The predicted molar refractivity (Wildman–Crippen MR) is 88.9 cm³/mol. The smallest absolute Gasteiger partial charge is 0.310 e. The molecular formula is C18H17FN2O3. The van der Waals surface area contributed by atoms with Gasteiger partial charge >= 0.3 is 5.97 Å². The van der Waals surface area contributed by atoms with Crippen molar-refractivity contribution < 1.29 is 18.3 Å². The van der Waals surface area contributed by atoms with Gasteiger partial charge in [0.05, 0.1) is 13.5 Å². The third-order valence-corrected chi connectivity index (χ3v) is 3.77. The average Bonchev–Trinajstić information content (AvgIpc) is 2.97. The molecule has 3 aromatic rings. The van der Waals surface area contributed by atoms with Crippen molar-refractivity contribution in [3.05, 3.63) is 52.8 Å². The minimum absolute atomic E-state index is 0.0178. The number of nitrogens with zero attached hydrogens (tertiary/aromatic N) is 1. The molecule has 0 saturated carbocycles. The molecular weight excluding hydrogens is 311 g/mol. The van der Waals surface area contributed by atoms with Gasteiger partial charge in [-0.05, 0) is 37.1 Å². The largest absolute Gasteiger partial charge is 0.469 e. The van der Waals surface area contributed by atoms with Crippen molar-refractivity contribution >= 4 is 28.8 Å². The van der Waals surface area contributed by atoms with Gasteiger partial charge in [0.25, 0.3) is 6.01 Å². The second-order valence-electron chi connectivity index (χ2n) is 5.60. The van der Waals surface area contributed by atoms with Crippen molar-refractivity contribution in [1.82, 2.24) is 4.98 Å². The van der Waals surface area contributed by atoms with E-state index in [1.807, 2.05) is 32.0 Å². The van der Waals surface area contributed by atoms with Crippen LogP contribution in [-0.4, -0.2) is 18.1 Å². The fourth-order valence-electron chi connectivity index (χ4n) is 2.40. The second kappa shape index (κ2) is 6.31. The topological polar surface area (TPSA) is 64.4 Å². The number of aromatic nitrogens is 1. The van der Waals surface area contributed by atoms with Gasteiger partial charge in [0, 0.05) is 11.3 Å². The van der Waals surface area contributed by atoms with Gasteiger partial charge in [-0.1, -0.05) is 18.2 Å². The Bertz CT molecular complexity index is 918. The number of fused-ring (bicyclic) bond motifs is 1. The standard InChI is InChI=1S/C18H17FN2O3/c1-10-4-5-11(2)14(8-10)21-18-20-13-7-6-12(9-15(22)23-3)16(19)17(13)24-18/h4-8H,9H2,1-3H3,(H,20,21). The molecule has 0 atom stereocenters. The first-order valence-electron chi connectivity index (χ1n) is 7.47. The molecule has 0 radical (unpaired) electrons. The molecule has 1 heterocycles. The van der Waals surface area contributed by atoms with Crippen LogP contribution in [0.15, 0.2) is 34.7 Å². The molecule has 0 bridgehead atoms. The number of methoxy groups -OCH3 is 1. The van der Waals surface area contributed by atoms with Crippen molar-refractivity contribution in [3.63, 3.8) is 0 Å². The van der Waals surface area contributed by atoms with Crippen LogP contribution in [0.2, 0.25) is 0 Å². The molecule has 24 heavy (non-hydrogen) atoms. The first kappa shape index (κ1) is 16.0. The summed E-state index contributed by atoms with van der Waals surface area (Å²) in [5, 5.41) is 3.07. The highest BCUT2D eigenvalue weighted by molar-refractivity contribution is 5.80. The zero-order valence-electron chi connectivity index (χ0n) is 13.6. The number of nitrogens with one attached hydrogen (secondary N) is 1. The van der Waals surface area contributed by atoms with E-state index in [9.17, 15) is 9.18 Å². The lowest BCUT2D eigenvalue weighted by molar-refractivity contribution is -0.139. The number of ether oxygens (including phenoxy) is 1. The average molecular weight is 328 g/mol. The summed E-state index contributed by atoms with van der Waals surface area (Å²) in [6, 6.07) is 9.28. The second-order valence-corrected chi connectivity index (χ2v) is 5.60. The number of aryl methyl sites for hydroxylation is 2. The van der Waals surface area contributed by atoms with Crippen LogP contribution in [0.4, 0.5) is 16.1 Å². The highest BCUT2D eigenvalue weighted by atomic mass is 19.1. The molecule has 0 aliphatic rings. The molecule has 5 nitrogen and oxygen atoms in total. The maximum Gasteiger partial charge on any atom is 0.310 e. The zero-order valence-corrected chi connectivity index (χ0v) is 13.6. The van der Waals surface area contributed by atoms with Gasteiger partial charge in [-0.3, -0.25) is 4.79 Å². The van der Waals surface area contributed by atoms with Crippen LogP contribution in [0, 0.1) is 19.7 Å². The summed E-state index contributed by atoms with van der Waals surface area (Å²) in [6.07, 6.45) is -0.154. The molecule has 1 aromatic heterocycles. The van der Waals surface area contributed by atoms with Crippen molar-refractivity contribution in [1.29, 1.82) is 0 Å². The predicted octanol–water partition coefficient (Wildman–Crippen LogP) is 4.04. The van der Waals surface area contributed by atoms with E-state index in [1.165, 1.54) is 13.2 Å². The zero-order chi connectivity index (χ0) is 17.3. The number of esters is 1. The van der Waals surface area contributed by atoms with Crippen LogP contribution in [0.5, 0.6) is 0 Å². The van der Waals surface area contributed by atoms with E-state index in [2.05, 4.69) is 15.0 Å². The number of carbonyl (C=O) groups excluding carboxylic acids is 1. The van der Waals surface area contributed by atoms with Gasteiger partial charge in [0.15, 0.2) is 11.4 Å². The van der Waals surface area contributed by atoms with E-state index >= 15 is 0 Å². The van der Waals surface area contributed by atoms with Gasteiger partial charge in [-0.15, -0.1) is 0 Å². The Morgan fingerprint density at radius 3 is 2.83 bits per heavy atom. The summed E-state index contributed by atoms with van der Waals surface area (Å²) in [7, 11) is 1.26. The summed E-state index contributed by atoms with van der Waals surface area (Å²) in [6.45, 7) is 3.94. The third-order valence-electron chi connectivity index (χ3n) is 3.77. The molecule has 3 rings (SSSR count). The maximum absolute atomic E-state index is 14.5. The van der Waals surface area contributed by atoms with Crippen molar-refractivity contribution in [2.24, 2.45) is 0 Å². The molecule has 0 amide bonds. The molecule has 0 spiro atoms. The van der Waals surface area contributed by atoms with Crippen LogP contribution in [0.25, 0.3) is 11.1 Å². The van der Waals surface area contributed by atoms with Crippen LogP contribution >= 0.6 is 0 Å². The monoisotopic (exact) mass is 328 g/mol. The first-order chi connectivity index (χ1) is 11.5. The third kappa shape index (κ3) is 3.08. The van der Waals surface area contributed by atoms with Gasteiger partial charge in [-0.2, -0.15) is 4.98 Å². The number of hydrogen-bond acceptors (Lipinski definition) is 5. The van der Waals surface area contributed by atoms with Crippen molar-refractivity contribution in [3.8, 4) is 0 Å². The van der Waals surface area contributed by atoms with Crippen molar-refractivity contribution in [2.45, 2.75) is 20.3 Å². The summed E-state index contributed by atoms with van der Waals surface area (Å²) in [4.78, 5) is 15.6. The number of rotatable bonds is 4. The fourth-order valence-corrected chi connectivity index (χ4v) is 2.40. The SMILES string of the molecule is COC(=O)Cc1ccc2nc(Nc3cc(C)ccc3C)oc2c1F. The van der Waals surface area contributed by atoms with Gasteiger partial charge in [0.1, 0.15) is 5.52 Å². The molecule has 0 fully saturated rings. The summed E-state index contributed by atoms with van der Waals surface area (Å²) in [5.41, 5.74) is 3.57. The Morgan fingerprint density at radius 2 is 2.08 bits per heavy atom. The lowest BCUT2D eigenvalue weighted by Crippen LogP contribution is -2.06. The molecule has 6 heteroatoms. The highest BCUT2D eigenvalue weighted by Crippen LogP contribution is 2.28. The number of carbonyl (C=O) groups is 1. The van der Waals surface area contributed by atoms with Gasteiger partial charge < -0.3 is 14.5 Å². The quantitative estimate of drug-likeness (QED) is 0.732. The summed E-state index contributed by atoms with van der Waals surface area (Å²) >= 11 is 0. The van der Waals surface area contributed by atoms with E-state index in [0.717, 1.165) is 16.8 Å². The molecule has 0 aliphatic carbocycles. The van der Waals surface area contributed by atoms with E-state index < -0.39 is 11.8 Å². The molecule has 0 saturated heterocycles. The number of hydrogen-bond donors (Lipinski definition) is 1. The van der Waals surface area contributed by atoms with Crippen LogP contribution in [-0.2, 0) is 16.0 Å². The Labute approximate surface area is 138 Å². The van der Waals surface area contributed by atoms with Gasteiger partial charge in [0.2, 0.25) is 0 Å². The molecule has 0 unspecified atom stereocenters. The number of oxazole rings is 1. The Kier molecular flexibility index (Phi) is 4.20. The van der Waals surface area contributed by atoms with E-state index in [-0.39, 0.29) is 23.6 Å². The summed E-state index contributed by atoms with van der Waals surface area (Å²) < 4.78 is 24.6. The maximum atomic E-state index is 14.5.